The Bertz CT molecular complexity index is 640. The molecule has 110 valence electrons. The normalized spacial score (nSPS) is 13.5. The number of hydrogen-bond acceptors (Lipinski definition) is 4. The van der Waals surface area contributed by atoms with Crippen molar-refractivity contribution in [1.82, 2.24) is 0 Å². The number of anilines is 2. The number of nitrogen functional groups attached to an aromatic ring is 1. The number of carbonyl (C=O) groups excluding carboxylic acids is 1. The van der Waals surface area contributed by atoms with Gasteiger partial charge in [-0.05, 0) is 37.6 Å². The molecule has 0 aliphatic heterocycles. The lowest BCUT2D eigenvalue weighted by Crippen LogP contribution is -2.35. The molecular formula is C17H20N2O2. The van der Waals surface area contributed by atoms with E-state index in [0.717, 1.165) is 11.3 Å². The zero-order valence-electron chi connectivity index (χ0n) is 12.3. The van der Waals surface area contributed by atoms with Gasteiger partial charge in [0.15, 0.2) is 5.78 Å². The van der Waals surface area contributed by atoms with Crippen LogP contribution in [0.5, 0.6) is 0 Å². The molecule has 0 radical (unpaired) electrons. The van der Waals surface area contributed by atoms with Crippen LogP contribution in [0, 0.1) is 0 Å². The number of rotatable bonds is 5. The number of nitrogens with two attached hydrogens (primary N) is 1. The van der Waals surface area contributed by atoms with Crippen molar-refractivity contribution in [2.75, 3.05) is 17.7 Å². The first kappa shape index (κ1) is 15.1. The Morgan fingerprint density at radius 1 is 1.24 bits per heavy atom. The highest BCUT2D eigenvalue weighted by Gasteiger charge is 2.25. The Morgan fingerprint density at radius 2 is 1.90 bits per heavy atom. The molecule has 2 aromatic rings. The predicted molar refractivity (Wildman–Crippen MR) is 85.4 cm³/mol. The third kappa shape index (κ3) is 3.23. The van der Waals surface area contributed by atoms with Crippen LogP contribution in [0.15, 0.2) is 48.5 Å². The Balaban J connectivity index is 2.35. The van der Waals surface area contributed by atoms with Gasteiger partial charge in [0, 0.05) is 16.9 Å². The standard InChI is InChI=1S/C17H20N2O2/c1-12(21)15-10-14(8-9-16(15)18)19-17(2,11-20)13-6-4-3-5-7-13/h3-10,19-20H,11,18H2,1-2H3. The van der Waals surface area contributed by atoms with Crippen LogP contribution >= 0.6 is 0 Å². The zero-order chi connectivity index (χ0) is 15.5. The van der Waals surface area contributed by atoms with Crippen LogP contribution in [0.2, 0.25) is 0 Å². The summed E-state index contributed by atoms with van der Waals surface area (Å²) in [6.45, 7) is 3.32. The van der Waals surface area contributed by atoms with Gasteiger partial charge in [0.1, 0.15) is 0 Å². The fourth-order valence-corrected chi connectivity index (χ4v) is 2.27. The second-order valence-corrected chi connectivity index (χ2v) is 5.34. The van der Waals surface area contributed by atoms with Crippen molar-refractivity contribution in [1.29, 1.82) is 0 Å². The summed E-state index contributed by atoms with van der Waals surface area (Å²) in [5.41, 5.74) is 7.81. The Labute approximate surface area is 124 Å². The van der Waals surface area contributed by atoms with Gasteiger partial charge in [0.2, 0.25) is 0 Å². The van der Waals surface area contributed by atoms with Gasteiger partial charge in [-0.1, -0.05) is 30.3 Å². The molecule has 0 spiro atoms. The van der Waals surface area contributed by atoms with Crippen molar-refractivity contribution in [2.24, 2.45) is 0 Å². The Kier molecular flexibility index (Phi) is 4.29. The number of Topliss-reactive ketones (excluding diaryl/α,β-unsaturated/α-hetero) is 1. The molecule has 1 atom stereocenters. The molecule has 0 saturated carbocycles. The summed E-state index contributed by atoms with van der Waals surface area (Å²) < 4.78 is 0. The molecule has 4 heteroatoms. The van der Waals surface area contributed by atoms with E-state index in [1.807, 2.05) is 37.3 Å². The van der Waals surface area contributed by atoms with Gasteiger partial charge in [-0.3, -0.25) is 4.79 Å². The van der Waals surface area contributed by atoms with Gasteiger partial charge in [-0.2, -0.15) is 0 Å². The fraction of sp³-hybridized carbons (Fsp3) is 0.235. The van der Waals surface area contributed by atoms with Crippen LogP contribution < -0.4 is 11.1 Å². The van der Waals surface area contributed by atoms with E-state index in [0.29, 0.717) is 11.3 Å². The SMILES string of the molecule is CC(=O)c1cc(NC(C)(CO)c2ccccc2)ccc1N. The van der Waals surface area contributed by atoms with Crippen LogP contribution in [0.25, 0.3) is 0 Å². The van der Waals surface area contributed by atoms with Crippen molar-refractivity contribution in [3.05, 3.63) is 59.7 Å². The van der Waals surface area contributed by atoms with Gasteiger partial charge in [0.25, 0.3) is 0 Å². The molecule has 4 N–H and O–H groups in total. The summed E-state index contributed by atoms with van der Waals surface area (Å²) in [4.78, 5) is 11.6. The minimum atomic E-state index is -0.633. The summed E-state index contributed by atoms with van der Waals surface area (Å²) in [7, 11) is 0. The maximum Gasteiger partial charge on any atom is 0.161 e. The summed E-state index contributed by atoms with van der Waals surface area (Å²) in [5, 5.41) is 13.1. The highest BCUT2D eigenvalue weighted by molar-refractivity contribution is 6.00. The van der Waals surface area contributed by atoms with Crippen molar-refractivity contribution in [3.8, 4) is 0 Å². The number of aliphatic hydroxyl groups is 1. The molecule has 0 aromatic heterocycles. The number of benzene rings is 2. The minimum absolute atomic E-state index is 0.0726. The number of nitrogens with one attached hydrogen (secondary N) is 1. The molecular weight excluding hydrogens is 264 g/mol. The third-order valence-corrected chi connectivity index (χ3v) is 3.58. The number of ketones is 1. The van der Waals surface area contributed by atoms with Crippen LogP contribution in [-0.4, -0.2) is 17.5 Å². The molecule has 0 fully saturated rings. The fourth-order valence-electron chi connectivity index (χ4n) is 2.27. The molecule has 2 aromatic carbocycles. The van der Waals surface area contributed by atoms with Crippen molar-refractivity contribution < 1.29 is 9.90 Å². The summed E-state index contributed by atoms with van der Waals surface area (Å²) >= 11 is 0. The molecule has 0 saturated heterocycles. The molecule has 0 amide bonds. The zero-order valence-corrected chi connectivity index (χ0v) is 12.3. The van der Waals surface area contributed by atoms with Crippen molar-refractivity contribution in [2.45, 2.75) is 19.4 Å². The quantitative estimate of drug-likeness (QED) is 0.583. The van der Waals surface area contributed by atoms with Gasteiger partial charge in [-0.15, -0.1) is 0 Å². The van der Waals surface area contributed by atoms with E-state index < -0.39 is 5.54 Å². The second kappa shape index (κ2) is 5.97. The van der Waals surface area contributed by atoms with Crippen LogP contribution in [0.1, 0.15) is 29.8 Å². The third-order valence-electron chi connectivity index (χ3n) is 3.58. The van der Waals surface area contributed by atoms with Crippen LogP contribution in [-0.2, 0) is 5.54 Å². The Hall–Kier alpha value is -2.33. The molecule has 0 aliphatic rings. The largest absolute Gasteiger partial charge is 0.398 e. The van der Waals surface area contributed by atoms with Crippen LogP contribution in [0.3, 0.4) is 0 Å². The van der Waals surface area contributed by atoms with Gasteiger partial charge in [-0.25, -0.2) is 0 Å². The average Bonchev–Trinajstić information content (AvgIpc) is 2.49. The van der Waals surface area contributed by atoms with E-state index in [-0.39, 0.29) is 12.4 Å². The summed E-state index contributed by atoms with van der Waals surface area (Å²) in [5.74, 6) is -0.0819. The minimum Gasteiger partial charge on any atom is -0.398 e. The number of hydrogen-bond donors (Lipinski definition) is 3. The van der Waals surface area contributed by atoms with E-state index in [2.05, 4.69) is 5.32 Å². The van der Waals surface area contributed by atoms with Crippen molar-refractivity contribution in [3.63, 3.8) is 0 Å². The van der Waals surface area contributed by atoms with Gasteiger partial charge >= 0.3 is 0 Å². The molecule has 4 nitrogen and oxygen atoms in total. The maximum absolute atomic E-state index is 11.6. The second-order valence-electron chi connectivity index (χ2n) is 5.34. The summed E-state index contributed by atoms with van der Waals surface area (Å²) in [6, 6.07) is 14.9. The smallest absolute Gasteiger partial charge is 0.161 e. The maximum atomic E-state index is 11.6. The monoisotopic (exact) mass is 284 g/mol. The lowest BCUT2D eigenvalue weighted by molar-refractivity contribution is 0.101. The Morgan fingerprint density at radius 3 is 2.48 bits per heavy atom. The van der Waals surface area contributed by atoms with E-state index in [9.17, 15) is 9.90 Å². The first-order chi connectivity index (χ1) is 9.96. The molecule has 0 heterocycles. The van der Waals surface area contributed by atoms with E-state index in [1.54, 1.807) is 18.2 Å². The van der Waals surface area contributed by atoms with E-state index in [4.69, 9.17) is 5.73 Å². The van der Waals surface area contributed by atoms with Crippen molar-refractivity contribution >= 4 is 17.2 Å². The van der Waals surface area contributed by atoms with E-state index in [1.165, 1.54) is 6.92 Å². The topological polar surface area (TPSA) is 75.3 Å². The lowest BCUT2D eigenvalue weighted by Gasteiger charge is -2.30. The van der Waals surface area contributed by atoms with Gasteiger partial charge in [0.05, 0.1) is 12.1 Å². The molecule has 2 rings (SSSR count). The van der Waals surface area contributed by atoms with Gasteiger partial charge < -0.3 is 16.2 Å². The molecule has 1 unspecified atom stereocenters. The lowest BCUT2D eigenvalue weighted by atomic mass is 9.92. The first-order valence-corrected chi connectivity index (χ1v) is 6.81. The van der Waals surface area contributed by atoms with Crippen LogP contribution in [0.4, 0.5) is 11.4 Å². The first-order valence-electron chi connectivity index (χ1n) is 6.81. The van der Waals surface area contributed by atoms with E-state index >= 15 is 0 Å². The average molecular weight is 284 g/mol. The molecule has 0 bridgehead atoms. The molecule has 21 heavy (non-hydrogen) atoms. The highest BCUT2D eigenvalue weighted by Crippen LogP contribution is 2.27. The number of aliphatic hydroxyl groups excluding tert-OH is 1. The molecule has 0 aliphatic carbocycles. The number of carbonyl (C=O) groups is 1. The predicted octanol–water partition coefficient (Wildman–Crippen LogP) is 2.79. The summed E-state index contributed by atoms with van der Waals surface area (Å²) in [6.07, 6.45) is 0. The highest BCUT2D eigenvalue weighted by atomic mass is 16.3.